The molecular formula is C20H20N2O3. The van der Waals surface area contributed by atoms with Crippen molar-refractivity contribution in [2.24, 2.45) is 0 Å². The van der Waals surface area contributed by atoms with Crippen molar-refractivity contribution in [2.45, 2.75) is 13.8 Å². The molecule has 2 N–H and O–H groups in total. The molecule has 1 aromatic heterocycles. The van der Waals surface area contributed by atoms with Crippen LogP contribution in [-0.4, -0.2) is 24.7 Å². The van der Waals surface area contributed by atoms with Gasteiger partial charge in [0.15, 0.2) is 0 Å². The van der Waals surface area contributed by atoms with E-state index >= 15 is 0 Å². The van der Waals surface area contributed by atoms with Crippen LogP contribution in [0.25, 0.3) is 22.0 Å². The van der Waals surface area contributed by atoms with Crippen LogP contribution < -0.4 is 10.5 Å². The number of anilines is 1. The molecular weight excluding hydrogens is 316 g/mol. The van der Waals surface area contributed by atoms with Gasteiger partial charge >= 0.3 is 5.97 Å². The highest BCUT2D eigenvalue weighted by Crippen LogP contribution is 2.36. The lowest BCUT2D eigenvalue weighted by Gasteiger charge is -2.14. The van der Waals surface area contributed by atoms with Crippen LogP contribution in [0.2, 0.25) is 0 Å². The zero-order valence-electron chi connectivity index (χ0n) is 14.5. The molecule has 2 aromatic carbocycles. The molecule has 0 aliphatic heterocycles. The third-order valence-corrected chi connectivity index (χ3v) is 4.09. The first kappa shape index (κ1) is 16.8. The molecule has 0 radical (unpaired) electrons. The number of hydrogen-bond acceptors (Lipinski definition) is 5. The number of carbonyl (C=O) groups excluding carboxylic acids is 1. The van der Waals surface area contributed by atoms with Crippen molar-refractivity contribution in [1.82, 2.24) is 4.98 Å². The van der Waals surface area contributed by atoms with Crippen LogP contribution in [0.4, 0.5) is 5.69 Å². The lowest BCUT2D eigenvalue weighted by atomic mass is 9.96. The van der Waals surface area contributed by atoms with Crippen molar-refractivity contribution >= 4 is 22.6 Å². The van der Waals surface area contributed by atoms with Crippen molar-refractivity contribution in [3.8, 4) is 16.9 Å². The summed E-state index contributed by atoms with van der Waals surface area (Å²) in [6.45, 7) is 3.81. The number of aryl methyl sites for hydroxylation is 1. The molecule has 3 aromatic rings. The summed E-state index contributed by atoms with van der Waals surface area (Å²) < 4.78 is 10.5. The minimum atomic E-state index is -0.452. The maximum absolute atomic E-state index is 12.3. The molecule has 0 aliphatic rings. The van der Waals surface area contributed by atoms with Gasteiger partial charge in [0, 0.05) is 5.39 Å². The van der Waals surface area contributed by atoms with Gasteiger partial charge in [0.05, 0.1) is 30.6 Å². The standard InChI is InChI=1S/C20H20N2O3/c1-4-25-20(23)17-12(2)22-16-10-6-9-15(18(16)19(17)21)13-7-5-8-14(11-13)24-3/h5-11H,4H2,1-3H3,(H2,21,22). The Labute approximate surface area is 146 Å². The molecule has 1 heterocycles. The fourth-order valence-corrected chi connectivity index (χ4v) is 2.96. The topological polar surface area (TPSA) is 74.4 Å². The number of aromatic nitrogens is 1. The molecule has 0 bridgehead atoms. The summed E-state index contributed by atoms with van der Waals surface area (Å²) in [5, 5.41) is 0.740. The van der Waals surface area contributed by atoms with E-state index in [9.17, 15) is 4.79 Å². The number of nitrogens with two attached hydrogens (primary N) is 1. The summed E-state index contributed by atoms with van der Waals surface area (Å²) in [5.74, 6) is 0.297. The highest BCUT2D eigenvalue weighted by atomic mass is 16.5. The van der Waals surface area contributed by atoms with Gasteiger partial charge in [-0.2, -0.15) is 0 Å². The second-order valence-electron chi connectivity index (χ2n) is 5.64. The summed E-state index contributed by atoms with van der Waals surface area (Å²) in [4.78, 5) is 16.9. The summed E-state index contributed by atoms with van der Waals surface area (Å²) in [7, 11) is 1.63. The summed E-state index contributed by atoms with van der Waals surface area (Å²) in [6.07, 6.45) is 0. The van der Waals surface area contributed by atoms with Gasteiger partial charge in [-0.05, 0) is 43.2 Å². The number of hydrogen-bond donors (Lipinski definition) is 1. The molecule has 0 amide bonds. The Morgan fingerprint density at radius 2 is 1.96 bits per heavy atom. The maximum atomic E-state index is 12.3. The predicted octanol–water partition coefficient (Wildman–Crippen LogP) is 3.98. The van der Waals surface area contributed by atoms with Crippen LogP contribution in [0.5, 0.6) is 5.75 Å². The first-order chi connectivity index (χ1) is 12.1. The van der Waals surface area contributed by atoms with E-state index in [1.807, 2.05) is 42.5 Å². The molecule has 0 aliphatic carbocycles. The molecule has 0 saturated heterocycles. The average molecular weight is 336 g/mol. The fourth-order valence-electron chi connectivity index (χ4n) is 2.96. The second kappa shape index (κ2) is 6.81. The van der Waals surface area contributed by atoms with E-state index in [2.05, 4.69) is 4.98 Å². The Bertz CT molecular complexity index is 951. The maximum Gasteiger partial charge on any atom is 0.342 e. The fraction of sp³-hybridized carbons (Fsp3) is 0.200. The van der Waals surface area contributed by atoms with E-state index < -0.39 is 5.97 Å². The highest BCUT2D eigenvalue weighted by Gasteiger charge is 2.20. The van der Waals surface area contributed by atoms with Gasteiger partial charge in [0.25, 0.3) is 0 Å². The molecule has 0 saturated carbocycles. The van der Waals surface area contributed by atoms with Gasteiger partial charge in [0.1, 0.15) is 11.3 Å². The van der Waals surface area contributed by atoms with Gasteiger partial charge < -0.3 is 15.2 Å². The van der Waals surface area contributed by atoms with Crippen LogP contribution in [0.1, 0.15) is 23.0 Å². The van der Waals surface area contributed by atoms with Gasteiger partial charge in [0.2, 0.25) is 0 Å². The van der Waals surface area contributed by atoms with Crippen LogP contribution in [-0.2, 0) is 4.74 Å². The number of carbonyl (C=O) groups is 1. The monoisotopic (exact) mass is 336 g/mol. The van der Waals surface area contributed by atoms with Crippen molar-refractivity contribution in [3.05, 3.63) is 53.7 Å². The van der Waals surface area contributed by atoms with E-state index in [1.54, 1.807) is 21.0 Å². The number of fused-ring (bicyclic) bond motifs is 1. The number of nitrogen functional groups attached to an aromatic ring is 1. The van der Waals surface area contributed by atoms with E-state index in [-0.39, 0.29) is 6.61 Å². The molecule has 0 fully saturated rings. The molecule has 25 heavy (non-hydrogen) atoms. The smallest absolute Gasteiger partial charge is 0.342 e. The highest BCUT2D eigenvalue weighted by molar-refractivity contribution is 6.10. The molecule has 0 spiro atoms. The lowest BCUT2D eigenvalue weighted by Crippen LogP contribution is -2.12. The van der Waals surface area contributed by atoms with E-state index in [0.29, 0.717) is 16.9 Å². The molecule has 3 rings (SSSR count). The molecule has 0 unspecified atom stereocenters. The number of rotatable bonds is 4. The second-order valence-corrected chi connectivity index (χ2v) is 5.64. The Balaban J connectivity index is 2.30. The lowest BCUT2D eigenvalue weighted by molar-refractivity contribution is 0.0526. The van der Waals surface area contributed by atoms with E-state index in [0.717, 1.165) is 27.8 Å². The van der Waals surface area contributed by atoms with Crippen molar-refractivity contribution in [2.75, 3.05) is 19.5 Å². The number of esters is 1. The quantitative estimate of drug-likeness (QED) is 0.730. The zero-order chi connectivity index (χ0) is 18.0. The summed E-state index contributed by atoms with van der Waals surface area (Å²) in [6, 6.07) is 13.5. The number of benzene rings is 2. The first-order valence-corrected chi connectivity index (χ1v) is 8.07. The zero-order valence-corrected chi connectivity index (χ0v) is 14.5. The molecule has 5 nitrogen and oxygen atoms in total. The Morgan fingerprint density at radius 3 is 2.68 bits per heavy atom. The average Bonchev–Trinajstić information content (AvgIpc) is 2.61. The number of nitrogens with zero attached hydrogens (tertiary/aromatic N) is 1. The van der Waals surface area contributed by atoms with Crippen LogP contribution in [0, 0.1) is 6.92 Å². The van der Waals surface area contributed by atoms with E-state index in [4.69, 9.17) is 15.2 Å². The largest absolute Gasteiger partial charge is 0.497 e. The normalized spacial score (nSPS) is 10.7. The minimum absolute atomic E-state index is 0.285. The third kappa shape index (κ3) is 3.01. The molecule has 128 valence electrons. The first-order valence-electron chi connectivity index (χ1n) is 8.07. The minimum Gasteiger partial charge on any atom is -0.497 e. The third-order valence-electron chi connectivity index (χ3n) is 4.09. The molecule has 0 atom stereocenters. The van der Waals surface area contributed by atoms with Crippen LogP contribution in [0.15, 0.2) is 42.5 Å². The number of ether oxygens (including phenoxy) is 2. The van der Waals surface area contributed by atoms with Gasteiger partial charge in [-0.3, -0.25) is 4.98 Å². The predicted molar refractivity (Wildman–Crippen MR) is 98.8 cm³/mol. The SMILES string of the molecule is CCOC(=O)c1c(C)nc2cccc(-c3cccc(OC)c3)c2c1N. The van der Waals surface area contributed by atoms with Crippen molar-refractivity contribution in [1.29, 1.82) is 0 Å². The molecule has 5 heteroatoms. The van der Waals surface area contributed by atoms with Crippen molar-refractivity contribution in [3.63, 3.8) is 0 Å². The Hall–Kier alpha value is -3.08. The number of pyridine rings is 1. The van der Waals surface area contributed by atoms with Gasteiger partial charge in [-0.15, -0.1) is 0 Å². The Kier molecular flexibility index (Phi) is 4.57. The van der Waals surface area contributed by atoms with Crippen molar-refractivity contribution < 1.29 is 14.3 Å². The Morgan fingerprint density at radius 1 is 1.20 bits per heavy atom. The van der Waals surface area contributed by atoms with E-state index in [1.165, 1.54) is 0 Å². The van der Waals surface area contributed by atoms with Gasteiger partial charge in [-0.25, -0.2) is 4.79 Å². The van der Waals surface area contributed by atoms with Crippen LogP contribution >= 0.6 is 0 Å². The summed E-state index contributed by atoms with van der Waals surface area (Å²) in [5.41, 5.74) is 10.2. The number of methoxy groups -OCH3 is 1. The van der Waals surface area contributed by atoms with Gasteiger partial charge in [-0.1, -0.05) is 24.3 Å². The summed E-state index contributed by atoms with van der Waals surface area (Å²) >= 11 is 0. The van der Waals surface area contributed by atoms with Crippen LogP contribution in [0.3, 0.4) is 0 Å².